The highest BCUT2D eigenvalue weighted by Crippen LogP contribution is 2.13. The van der Waals surface area contributed by atoms with Gasteiger partial charge < -0.3 is 4.98 Å². The third-order valence-electron chi connectivity index (χ3n) is 3.65. The first-order chi connectivity index (χ1) is 9.65. The second-order valence-electron chi connectivity index (χ2n) is 5.54. The molecule has 0 aliphatic rings. The van der Waals surface area contributed by atoms with Crippen LogP contribution >= 0.6 is 24.8 Å². The minimum absolute atomic E-state index is 0.581. The van der Waals surface area contributed by atoms with Crippen molar-refractivity contribution in [1.82, 2.24) is 9.97 Å². The third-order valence-corrected chi connectivity index (χ3v) is 4.06. The molecule has 20 heavy (non-hydrogen) atoms. The van der Waals surface area contributed by atoms with E-state index in [1.165, 1.54) is 57.8 Å². The van der Waals surface area contributed by atoms with Crippen LogP contribution in [0.15, 0.2) is 0 Å². The monoisotopic (exact) mass is 312 g/mol. The molecular formula is C16H28N2S2. The van der Waals surface area contributed by atoms with Crippen LogP contribution < -0.4 is 0 Å². The van der Waals surface area contributed by atoms with Crippen LogP contribution in [0.3, 0.4) is 0 Å². The van der Waals surface area contributed by atoms with E-state index >= 15 is 0 Å². The van der Waals surface area contributed by atoms with E-state index in [9.17, 15) is 0 Å². The number of hydrogen-bond donors (Lipinski definition) is 2. The van der Waals surface area contributed by atoms with Gasteiger partial charge in [-0.05, 0) is 13.3 Å². The molecule has 0 aliphatic heterocycles. The molecule has 0 atom stereocenters. The van der Waals surface area contributed by atoms with Crippen molar-refractivity contribution in [3.05, 3.63) is 17.2 Å². The number of imidazole rings is 1. The molecule has 114 valence electrons. The van der Waals surface area contributed by atoms with Gasteiger partial charge in [0.1, 0.15) is 11.5 Å². The summed E-state index contributed by atoms with van der Waals surface area (Å²) >= 11 is 9.25. The molecule has 0 unspecified atom stereocenters. The molecule has 4 heteroatoms. The minimum Gasteiger partial charge on any atom is -0.346 e. The Hall–Kier alpha value is -0.350. The molecule has 0 fully saturated rings. The van der Waals surface area contributed by atoms with Crippen LogP contribution in [0.4, 0.5) is 0 Å². The van der Waals surface area contributed by atoms with E-state index in [1.54, 1.807) is 0 Å². The first-order valence-corrected chi connectivity index (χ1v) is 8.79. The van der Waals surface area contributed by atoms with Gasteiger partial charge in [-0.1, -0.05) is 70.5 Å². The largest absolute Gasteiger partial charge is 0.346 e. The van der Waals surface area contributed by atoms with Gasteiger partial charge >= 0.3 is 0 Å². The maximum atomic E-state index is 5.06. The highest BCUT2D eigenvalue weighted by atomic mass is 32.1. The number of thiol groups is 1. The first kappa shape index (κ1) is 17.7. The van der Waals surface area contributed by atoms with E-state index in [0.717, 1.165) is 23.6 Å². The summed E-state index contributed by atoms with van der Waals surface area (Å²) in [7, 11) is 0. The zero-order valence-electron chi connectivity index (χ0n) is 12.9. The van der Waals surface area contributed by atoms with Crippen molar-refractivity contribution >= 4 is 29.0 Å². The highest BCUT2D eigenvalue weighted by Gasteiger charge is 2.08. The molecule has 0 radical (unpaired) electrons. The normalized spacial score (nSPS) is 10.9. The average molecular weight is 313 g/mol. The molecular weight excluding hydrogens is 284 g/mol. The van der Waals surface area contributed by atoms with Gasteiger partial charge in [0.15, 0.2) is 0 Å². The van der Waals surface area contributed by atoms with E-state index in [2.05, 4.69) is 29.5 Å². The van der Waals surface area contributed by atoms with Gasteiger partial charge in [0.05, 0.1) is 4.20 Å². The van der Waals surface area contributed by atoms with Crippen LogP contribution in [-0.4, -0.2) is 14.2 Å². The smallest absolute Gasteiger partial charge is 0.108 e. The fourth-order valence-electron chi connectivity index (χ4n) is 2.45. The number of unbranched alkanes of at least 4 members (excludes halogenated alkanes) is 8. The Kier molecular flexibility index (Phi) is 9.19. The Balaban J connectivity index is 2.07. The second-order valence-corrected chi connectivity index (χ2v) is 6.70. The van der Waals surface area contributed by atoms with Crippen LogP contribution in [-0.2, 0) is 6.42 Å². The predicted octanol–water partition coefficient (Wildman–Crippen LogP) is 5.40. The number of aryl methyl sites for hydroxylation is 2. The van der Waals surface area contributed by atoms with Gasteiger partial charge in [0.2, 0.25) is 0 Å². The number of aromatic nitrogens is 2. The lowest BCUT2D eigenvalue weighted by Gasteiger charge is -2.01. The Labute approximate surface area is 134 Å². The topological polar surface area (TPSA) is 28.7 Å². The summed E-state index contributed by atoms with van der Waals surface area (Å²) in [5.74, 6) is 1.05. The van der Waals surface area contributed by atoms with Crippen molar-refractivity contribution in [3.8, 4) is 0 Å². The van der Waals surface area contributed by atoms with Crippen molar-refractivity contribution in [2.24, 2.45) is 0 Å². The molecule has 2 nitrogen and oxygen atoms in total. The van der Waals surface area contributed by atoms with Gasteiger partial charge in [0, 0.05) is 12.1 Å². The molecule has 0 saturated carbocycles. The standard InChI is InChI=1S/C16H28N2S2/c1-3-4-5-6-7-8-9-10-11-12-14-17-13(2)15(18-14)16(19)20/h3-12H2,1-2H3,(H,17,18)(H,19,20). The summed E-state index contributed by atoms with van der Waals surface area (Å²) in [4.78, 5) is 7.81. The minimum atomic E-state index is 0.581. The molecule has 0 amide bonds. The fraction of sp³-hybridized carbons (Fsp3) is 0.750. The van der Waals surface area contributed by atoms with E-state index in [4.69, 9.17) is 12.2 Å². The lowest BCUT2D eigenvalue weighted by molar-refractivity contribution is 0.562. The number of hydrogen-bond acceptors (Lipinski definition) is 2. The Bertz CT molecular complexity index is 399. The quantitative estimate of drug-likeness (QED) is 0.325. The molecule has 1 heterocycles. The van der Waals surface area contributed by atoms with Gasteiger partial charge in [-0.3, -0.25) is 0 Å². The Morgan fingerprint density at radius 3 is 2.10 bits per heavy atom. The zero-order valence-corrected chi connectivity index (χ0v) is 14.6. The maximum absolute atomic E-state index is 5.06. The van der Waals surface area contributed by atoms with Crippen molar-refractivity contribution in [2.45, 2.75) is 78.1 Å². The third kappa shape index (κ3) is 6.89. The predicted molar refractivity (Wildman–Crippen MR) is 94.9 cm³/mol. The molecule has 0 aromatic carbocycles. The molecule has 0 spiro atoms. The summed E-state index contributed by atoms with van der Waals surface area (Å²) in [5.41, 5.74) is 1.88. The van der Waals surface area contributed by atoms with Crippen LogP contribution in [0.5, 0.6) is 0 Å². The zero-order chi connectivity index (χ0) is 14.8. The van der Waals surface area contributed by atoms with Gasteiger partial charge in [-0.25, -0.2) is 4.98 Å². The van der Waals surface area contributed by atoms with Crippen molar-refractivity contribution in [2.75, 3.05) is 0 Å². The number of nitrogens with zero attached hydrogens (tertiary/aromatic N) is 1. The van der Waals surface area contributed by atoms with Crippen molar-refractivity contribution < 1.29 is 0 Å². The van der Waals surface area contributed by atoms with E-state index in [1.807, 2.05) is 6.92 Å². The molecule has 0 aliphatic carbocycles. The van der Waals surface area contributed by atoms with Crippen LogP contribution in [0.1, 0.15) is 81.9 Å². The van der Waals surface area contributed by atoms with E-state index in [-0.39, 0.29) is 0 Å². The second kappa shape index (κ2) is 10.4. The number of thiocarbonyl (C=S) groups is 1. The Morgan fingerprint density at radius 1 is 1.05 bits per heavy atom. The summed E-state index contributed by atoms with van der Waals surface area (Å²) in [6.45, 7) is 4.27. The number of nitrogens with one attached hydrogen (secondary N) is 1. The summed E-state index contributed by atoms with van der Waals surface area (Å²) in [6, 6.07) is 0. The molecule has 1 N–H and O–H groups in total. The van der Waals surface area contributed by atoms with Gasteiger partial charge in [0.25, 0.3) is 0 Å². The van der Waals surface area contributed by atoms with Gasteiger partial charge in [-0.15, -0.1) is 12.6 Å². The summed E-state index contributed by atoms with van der Waals surface area (Å²) in [6.07, 6.45) is 13.2. The van der Waals surface area contributed by atoms with Crippen LogP contribution in [0, 0.1) is 6.92 Å². The van der Waals surface area contributed by atoms with Gasteiger partial charge in [-0.2, -0.15) is 0 Å². The molecule has 1 aromatic rings. The lowest BCUT2D eigenvalue weighted by Crippen LogP contribution is -1.92. The lowest BCUT2D eigenvalue weighted by atomic mass is 10.1. The molecule has 1 rings (SSSR count). The van der Waals surface area contributed by atoms with Crippen LogP contribution in [0.2, 0.25) is 0 Å². The van der Waals surface area contributed by atoms with Crippen LogP contribution in [0.25, 0.3) is 0 Å². The summed E-state index contributed by atoms with van der Waals surface area (Å²) in [5, 5.41) is 0. The summed E-state index contributed by atoms with van der Waals surface area (Å²) < 4.78 is 0.581. The number of aromatic amines is 1. The van der Waals surface area contributed by atoms with Crippen molar-refractivity contribution in [1.29, 1.82) is 0 Å². The maximum Gasteiger partial charge on any atom is 0.108 e. The van der Waals surface area contributed by atoms with Crippen molar-refractivity contribution in [3.63, 3.8) is 0 Å². The fourth-order valence-corrected chi connectivity index (χ4v) is 2.87. The van der Waals surface area contributed by atoms with E-state index < -0.39 is 0 Å². The average Bonchev–Trinajstić information content (AvgIpc) is 2.78. The highest BCUT2D eigenvalue weighted by molar-refractivity contribution is 8.11. The van der Waals surface area contributed by atoms with E-state index in [0.29, 0.717) is 4.20 Å². The molecule has 0 saturated heterocycles. The Morgan fingerprint density at radius 2 is 1.60 bits per heavy atom. The molecule has 1 aromatic heterocycles. The molecule has 0 bridgehead atoms. The number of rotatable bonds is 11. The first-order valence-electron chi connectivity index (χ1n) is 7.94. The SMILES string of the molecule is CCCCCCCCCCCc1nc(C(=S)S)c(C)[nH]1. The number of H-pyrrole nitrogens is 1.